The molecule has 2 aromatic rings. The number of nitrogens with one attached hydrogen (secondary N) is 1. The van der Waals surface area contributed by atoms with Crippen molar-refractivity contribution in [3.8, 4) is 5.75 Å². The second-order valence-corrected chi connectivity index (χ2v) is 6.23. The number of aromatic nitrogens is 1. The van der Waals surface area contributed by atoms with Gasteiger partial charge >= 0.3 is 0 Å². The van der Waals surface area contributed by atoms with Crippen molar-refractivity contribution in [3.05, 3.63) is 45.7 Å². The van der Waals surface area contributed by atoms with Gasteiger partial charge < -0.3 is 10.1 Å². The minimum Gasteiger partial charge on any atom is -0.494 e. The van der Waals surface area contributed by atoms with Crippen LogP contribution >= 0.6 is 11.3 Å². The van der Waals surface area contributed by atoms with Gasteiger partial charge in [-0.2, -0.15) is 0 Å². The van der Waals surface area contributed by atoms with E-state index in [1.165, 1.54) is 12.0 Å². The lowest BCUT2D eigenvalue weighted by Gasteiger charge is -2.17. The predicted octanol–water partition coefficient (Wildman–Crippen LogP) is 3.88. The van der Waals surface area contributed by atoms with Crippen molar-refractivity contribution < 1.29 is 9.13 Å². The Bertz CT molecular complexity index is 585. The Morgan fingerprint density at radius 1 is 1.43 bits per heavy atom. The number of benzene rings is 1. The molecule has 21 heavy (non-hydrogen) atoms. The first kappa shape index (κ1) is 15.9. The van der Waals surface area contributed by atoms with E-state index in [0.29, 0.717) is 0 Å². The van der Waals surface area contributed by atoms with Crippen molar-refractivity contribution in [2.75, 3.05) is 13.7 Å². The van der Waals surface area contributed by atoms with Crippen LogP contribution in [0.4, 0.5) is 4.39 Å². The fourth-order valence-electron chi connectivity index (χ4n) is 2.20. The average Bonchev–Trinajstić information content (AvgIpc) is 2.90. The summed E-state index contributed by atoms with van der Waals surface area (Å²) in [5, 5.41) is 4.56. The molecule has 3 nitrogen and oxygen atoms in total. The number of hydrogen-bond donors (Lipinski definition) is 1. The highest BCUT2D eigenvalue weighted by atomic mass is 32.1. The predicted molar refractivity (Wildman–Crippen MR) is 84.5 cm³/mol. The minimum atomic E-state index is -0.315. The number of hydrogen-bond acceptors (Lipinski definition) is 4. The van der Waals surface area contributed by atoms with Crippen LogP contribution in [-0.2, 0) is 6.42 Å². The molecule has 1 unspecified atom stereocenters. The van der Waals surface area contributed by atoms with E-state index in [2.05, 4.69) is 17.2 Å². The summed E-state index contributed by atoms with van der Waals surface area (Å²) in [5.41, 5.74) is 0.952. The topological polar surface area (TPSA) is 34.1 Å². The summed E-state index contributed by atoms with van der Waals surface area (Å²) in [6.07, 6.45) is 3.71. The lowest BCUT2D eigenvalue weighted by Crippen LogP contribution is -2.23. The quantitative estimate of drug-likeness (QED) is 0.843. The summed E-state index contributed by atoms with van der Waals surface area (Å²) < 4.78 is 18.8. The Balaban J connectivity index is 2.16. The van der Waals surface area contributed by atoms with Gasteiger partial charge in [0.15, 0.2) is 11.6 Å². The van der Waals surface area contributed by atoms with Gasteiger partial charge in [-0.3, -0.25) is 0 Å². The molecule has 0 bridgehead atoms. The maximum Gasteiger partial charge on any atom is 0.165 e. The molecule has 1 N–H and O–H groups in total. The molecular formula is C16H21FN2OS. The molecule has 0 aliphatic carbocycles. The van der Waals surface area contributed by atoms with Crippen LogP contribution in [0.1, 0.15) is 34.8 Å². The molecule has 1 aromatic carbocycles. The fourth-order valence-corrected chi connectivity index (χ4v) is 3.06. The molecule has 114 valence electrons. The zero-order chi connectivity index (χ0) is 15.2. The van der Waals surface area contributed by atoms with Gasteiger partial charge in [0.1, 0.15) is 0 Å². The standard InChI is InChI=1S/C16H21FN2OS/c1-4-7-18-14(16-10-19-11(2)21-16)9-12-5-6-15(20-3)13(17)8-12/h5-6,8,10,14,18H,4,7,9H2,1-3H3. The van der Waals surface area contributed by atoms with Crippen molar-refractivity contribution in [2.45, 2.75) is 32.7 Å². The summed E-state index contributed by atoms with van der Waals surface area (Å²) >= 11 is 1.69. The molecule has 0 radical (unpaired) electrons. The van der Waals surface area contributed by atoms with Crippen molar-refractivity contribution in [2.24, 2.45) is 0 Å². The molecule has 2 rings (SSSR count). The van der Waals surface area contributed by atoms with Crippen molar-refractivity contribution in [1.29, 1.82) is 0 Å². The van der Waals surface area contributed by atoms with Crippen LogP contribution in [0.5, 0.6) is 5.75 Å². The molecule has 0 saturated heterocycles. The Morgan fingerprint density at radius 2 is 2.24 bits per heavy atom. The van der Waals surface area contributed by atoms with Crippen LogP contribution in [0.2, 0.25) is 0 Å². The Kier molecular flexibility index (Phi) is 5.70. The van der Waals surface area contributed by atoms with Crippen LogP contribution in [0.25, 0.3) is 0 Å². The first-order chi connectivity index (χ1) is 10.1. The second-order valence-electron chi connectivity index (χ2n) is 4.96. The third kappa shape index (κ3) is 4.25. The van der Waals surface area contributed by atoms with Gasteiger partial charge in [-0.15, -0.1) is 11.3 Å². The molecule has 0 saturated carbocycles. The molecule has 0 amide bonds. The van der Waals surface area contributed by atoms with E-state index in [-0.39, 0.29) is 17.6 Å². The SMILES string of the molecule is CCCNC(Cc1ccc(OC)c(F)c1)c1cnc(C)s1. The number of ether oxygens (including phenoxy) is 1. The minimum absolute atomic E-state index is 0.170. The lowest BCUT2D eigenvalue weighted by atomic mass is 10.0. The normalized spacial score (nSPS) is 12.4. The van der Waals surface area contributed by atoms with E-state index in [0.717, 1.165) is 30.0 Å². The van der Waals surface area contributed by atoms with Gasteiger partial charge in [0, 0.05) is 17.1 Å². The second kappa shape index (κ2) is 7.52. The van der Waals surface area contributed by atoms with Crippen LogP contribution in [0.3, 0.4) is 0 Å². The highest BCUT2D eigenvalue weighted by Crippen LogP contribution is 2.26. The zero-order valence-corrected chi connectivity index (χ0v) is 13.5. The first-order valence-corrected chi connectivity index (χ1v) is 7.93. The molecule has 0 spiro atoms. The first-order valence-electron chi connectivity index (χ1n) is 7.12. The fraction of sp³-hybridized carbons (Fsp3) is 0.438. The molecule has 1 aromatic heterocycles. The summed E-state index contributed by atoms with van der Waals surface area (Å²) in [7, 11) is 1.48. The van der Waals surface area contributed by atoms with Crippen LogP contribution < -0.4 is 10.1 Å². The van der Waals surface area contributed by atoms with Gasteiger partial charge in [-0.25, -0.2) is 9.37 Å². The molecule has 0 aliphatic rings. The smallest absolute Gasteiger partial charge is 0.165 e. The van der Waals surface area contributed by atoms with Gasteiger partial charge in [-0.1, -0.05) is 13.0 Å². The van der Waals surface area contributed by atoms with E-state index in [1.807, 2.05) is 19.2 Å². The van der Waals surface area contributed by atoms with Gasteiger partial charge in [0.25, 0.3) is 0 Å². The number of nitrogens with zero attached hydrogens (tertiary/aromatic N) is 1. The highest BCUT2D eigenvalue weighted by Gasteiger charge is 2.15. The number of halogens is 1. The van der Waals surface area contributed by atoms with E-state index < -0.39 is 0 Å². The highest BCUT2D eigenvalue weighted by molar-refractivity contribution is 7.11. The van der Waals surface area contributed by atoms with E-state index >= 15 is 0 Å². The average molecular weight is 308 g/mol. The zero-order valence-electron chi connectivity index (χ0n) is 12.6. The van der Waals surface area contributed by atoms with Gasteiger partial charge in [0.2, 0.25) is 0 Å². The number of aryl methyl sites for hydroxylation is 1. The summed E-state index contributed by atoms with van der Waals surface area (Å²) in [4.78, 5) is 5.51. The van der Waals surface area contributed by atoms with E-state index in [1.54, 1.807) is 23.5 Å². The molecule has 0 aliphatic heterocycles. The van der Waals surface area contributed by atoms with Gasteiger partial charge in [0.05, 0.1) is 12.1 Å². The molecule has 5 heteroatoms. The van der Waals surface area contributed by atoms with Crippen molar-refractivity contribution in [3.63, 3.8) is 0 Å². The van der Waals surface area contributed by atoms with Crippen molar-refractivity contribution >= 4 is 11.3 Å². The van der Waals surface area contributed by atoms with E-state index in [4.69, 9.17) is 4.74 Å². The molecule has 1 atom stereocenters. The number of thiazole rings is 1. The monoisotopic (exact) mass is 308 g/mol. The maximum absolute atomic E-state index is 13.8. The molecule has 1 heterocycles. The van der Waals surface area contributed by atoms with Crippen LogP contribution in [0, 0.1) is 12.7 Å². The lowest BCUT2D eigenvalue weighted by molar-refractivity contribution is 0.386. The Labute approximate surface area is 129 Å². The van der Waals surface area contributed by atoms with Crippen LogP contribution in [0.15, 0.2) is 24.4 Å². The van der Waals surface area contributed by atoms with E-state index in [9.17, 15) is 4.39 Å². The number of methoxy groups -OCH3 is 1. The summed E-state index contributed by atoms with van der Waals surface area (Å²) in [6.45, 7) is 5.06. The summed E-state index contributed by atoms with van der Waals surface area (Å²) in [5.74, 6) is -0.0322. The van der Waals surface area contributed by atoms with Gasteiger partial charge in [-0.05, 0) is 44.0 Å². The van der Waals surface area contributed by atoms with Crippen molar-refractivity contribution in [1.82, 2.24) is 10.3 Å². The largest absolute Gasteiger partial charge is 0.494 e. The third-order valence-electron chi connectivity index (χ3n) is 3.28. The summed E-state index contributed by atoms with van der Waals surface area (Å²) in [6, 6.07) is 5.31. The third-order valence-corrected chi connectivity index (χ3v) is 4.31. The van der Waals surface area contributed by atoms with Crippen LogP contribution in [-0.4, -0.2) is 18.6 Å². The maximum atomic E-state index is 13.8. The molecular weight excluding hydrogens is 287 g/mol. The Morgan fingerprint density at radius 3 is 2.81 bits per heavy atom. The number of rotatable bonds is 7. The molecule has 0 fully saturated rings. The Hall–Kier alpha value is -1.46.